The average molecular weight is 496 g/mol. The van der Waals surface area contributed by atoms with Crippen molar-refractivity contribution in [2.75, 3.05) is 19.6 Å². The number of aromatic nitrogens is 4. The Bertz CT molecular complexity index is 1450. The van der Waals surface area contributed by atoms with Crippen molar-refractivity contribution in [2.45, 2.75) is 18.8 Å². The van der Waals surface area contributed by atoms with Crippen LogP contribution in [0.4, 0.5) is 13.2 Å². The van der Waals surface area contributed by atoms with Crippen molar-refractivity contribution in [2.24, 2.45) is 7.05 Å². The molecule has 2 aromatic heterocycles. The number of pyridine rings is 1. The van der Waals surface area contributed by atoms with Gasteiger partial charge in [-0.25, -0.2) is 0 Å². The third-order valence-corrected chi connectivity index (χ3v) is 6.37. The first-order valence-electron chi connectivity index (χ1n) is 11.5. The quantitative estimate of drug-likeness (QED) is 0.442. The van der Waals surface area contributed by atoms with Crippen molar-refractivity contribution < 1.29 is 18.3 Å². The van der Waals surface area contributed by atoms with Crippen LogP contribution in [0, 0.1) is 0 Å². The molecule has 1 N–H and O–H groups in total. The van der Waals surface area contributed by atoms with Gasteiger partial charge in [0.05, 0.1) is 11.7 Å². The fourth-order valence-electron chi connectivity index (χ4n) is 4.45. The maximum absolute atomic E-state index is 13.7. The number of aliphatic hydroxyl groups excluding tert-OH is 1. The number of benzene rings is 2. The fraction of sp³-hybridized carbons (Fsp3) is 0.269. The topological polar surface area (TPSA) is 76.2 Å². The molecule has 3 heterocycles. The first kappa shape index (κ1) is 24.0. The van der Waals surface area contributed by atoms with E-state index in [0.717, 1.165) is 33.5 Å². The highest BCUT2D eigenvalue weighted by atomic mass is 19.4. The van der Waals surface area contributed by atoms with E-state index in [1.54, 1.807) is 29.1 Å². The van der Waals surface area contributed by atoms with E-state index in [-0.39, 0.29) is 12.1 Å². The number of hydrogen-bond acceptors (Lipinski definition) is 5. The van der Waals surface area contributed by atoms with Crippen LogP contribution in [0.3, 0.4) is 0 Å². The molecule has 0 aliphatic carbocycles. The van der Waals surface area contributed by atoms with Crippen molar-refractivity contribution in [3.63, 3.8) is 0 Å². The molecular formula is C26H24F3N5O2. The second-order valence-corrected chi connectivity index (χ2v) is 8.94. The summed E-state index contributed by atoms with van der Waals surface area (Å²) < 4.78 is 44.1. The van der Waals surface area contributed by atoms with Crippen LogP contribution in [-0.2, 0) is 19.8 Å². The molecule has 0 amide bonds. The molecule has 2 aromatic carbocycles. The van der Waals surface area contributed by atoms with E-state index in [2.05, 4.69) is 10.2 Å². The molecule has 5 rings (SSSR count). The van der Waals surface area contributed by atoms with Crippen molar-refractivity contribution in [3.05, 3.63) is 83.0 Å². The maximum atomic E-state index is 13.7. The normalized spacial score (nSPS) is 14.7. The Balaban J connectivity index is 1.57. The molecule has 1 aliphatic rings. The van der Waals surface area contributed by atoms with Gasteiger partial charge in [-0.15, -0.1) is 10.2 Å². The summed E-state index contributed by atoms with van der Waals surface area (Å²) in [6.07, 6.45) is -2.57. The van der Waals surface area contributed by atoms with Crippen LogP contribution in [-0.4, -0.2) is 55.1 Å². The Morgan fingerprint density at radius 2 is 1.67 bits per heavy atom. The zero-order valence-corrected chi connectivity index (χ0v) is 19.5. The lowest BCUT2D eigenvalue weighted by Gasteiger charge is -2.35. The first-order chi connectivity index (χ1) is 17.2. The summed E-state index contributed by atoms with van der Waals surface area (Å²) in [4.78, 5) is 15.2. The van der Waals surface area contributed by atoms with Gasteiger partial charge in [-0.05, 0) is 28.8 Å². The summed E-state index contributed by atoms with van der Waals surface area (Å²) in [5.41, 5.74) is 1.36. The molecule has 0 spiro atoms. The van der Waals surface area contributed by atoms with Crippen LogP contribution in [0.25, 0.3) is 33.6 Å². The highest BCUT2D eigenvalue weighted by Crippen LogP contribution is 2.34. The summed E-state index contributed by atoms with van der Waals surface area (Å²) in [7, 11) is 1.83. The van der Waals surface area contributed by atoms with E-state index in [4.69, 9.17) is 0 Å². The Labute approximate surface area is 205 Å². The van der Waals surface area contributed by atoms with Gasteiger partial charge in [0.2, 0.25) is 0 Å². The fourth-order valence-corrected chi connectivity index (χ4v) is 4.45. The number of alkyl halides is 3. The molecule has 1 saturated heterocycles. The molecular weight excluding hydrogens is 471 g/mol. The van der Waals surface area contributed by atoms with Gasteiger partial charge >= 0.3 is 6.18 Å². The standard InChI is InChI=1S/C26H24F3N5O2/c1-32-16-30-31-24(32)22-8-3-2-7-21(22)17-5-4-6-18(11-17)23-12-19(26(27,28)29)13-34(25(23)36)10-9-33-14-20(35)15-33/h2-8,11-13,16,20,35H,9-10,14-15H2,1H3. The van der Waals surface area contributed by atoms with E-state index in [9.17, 15) is 23.1 Å². The second kappa shape index (κ2) is 9.36. The first-order valence-corrected chi connectivity index (χ1v) is 11.5. The molecule has 0 atom stereocenters. The van der Waals surface area contributed by atoms with Gasteiger partial charge in [0.1, 0.15) is 6.33 Å². The highest BCUT2D eigenvalue weighted by molar-refractivity contribution is 5.83. The Morgan fingerprint density at radius 3 is 2.31 bits per heavy atom. The van der Waals surface area contributed by atoms with E-state index >= 15 is 0 Å². The second-order valence-electron chi connectivity index (χ2n) is 8.94. The smallest absolute Gasteiger partial charge is 0.390 e. The number of rotatable bonds is 6. The lowest BCUT2D eigenvalue weighted by Crippen LogP contribution is -2.51. The number of aryl methyl sites for hydroxylation is 1. The number of aliphatic hydroxyl groups is 1. The molecule has 0 unspecified atom stereocenters. The van der Waals surface area contributed by atoms with Crippen LogP contribution in [0.1, 0.15) is 5.56 Å². The summed E-state index contributed by atoms with van der Waals surface area (Å²) in [6.45, 7) is 1.38. The molecule has 36 heavy (non-hydrogen) atoms. The third-order valence-electron chi connectivity index (χ3n) is 6.37. The number of likely N-dealkylation sites (tertiary alicyclic amines) is 1. The predicted octanol–water partition coefficient (Wildman–Crippen LogP) is 3.67. The van der Waals surface area contributed by atoms with Crippen LogP contribution in [0.5, 0.6) is 0 Å². The largest absolute Gasteiger partial charge is 0.417 e. The lowest BCUT2D eigenvalue weighted by atomic mass is 9.95. The minimum absolute atomic E-state index is 0.0218. The van der Waals surface area contributed by atoms with Gasteiger partial charge in [-0.2, -0.15) is 13.2 Å². The van der Waals surface area contributed by atoms with Crippen molar-refractivity contribution >= 4 is 0 Å². The zero-order chi connectivity index (χ0) is 25.4. The van der Waals surface area contributed by atoms with Crippen LogP contribution in [0.15, 0.2) is 71.9 Å². The van der Waals surface area contributed by atoms with Gasteiger partial charge in [-0.3, -0.25) is 9.69 Å². The van der Waals surface area contributed by atoms with Gasteiger partial charge in [0, 0.05) is 50.6 Å². The average Bonchev–Trinajstić information content (AvgIpc) is 3.27. The highest BCUT2D eigenvalue weighted by Gasteiger charge is 2.32. The van der Waals surface area contributed by atoms with Crippen LogP contribution in [0.2, 0.25) is 0 Å². The number of nitrogens with zero attached hydrogens (tertiary/aromatic N) is 5. The molecule has 1 aliphatic heterocycles. The maximum Gasteiger partial charge on any atom is 0.417 e. The van der Waals surface area contributed by atoms with E-state index < -0.39 is 23.4 Å². The summed E-state index contributed by atoms with van der Waals surface area (Å²) in [5.74, 6) is 0.647. The third kappa shape index (κ3) is 4.69. The molecule has 10 heteroatoms. The van der Waals surface area contributed by atoms with Crippen LogP contribution < -0.4 is 5.56 Å². The summed E-state index contributed by atoms with van der Waals surface area (Å²) in [6, 6.07) is 15.4. The van der Waals surface area contributed by atoms with Crippen molar-refractivity contribution in [3.8, 4) is 33.6 Å². The van der Waals surface area contributed by atoms with E-state index in [1.807, 2.05) is 42.3 Å². The van der Waals surface area contributed by atoms with Crippen molar-refractivity contribution in [1.29, 1.82) is 0 Å². The van der Waals surface area contributed by atoms with E-state index in [0.29, 0.717) is 31.0 Å². The van der Waals surface area contributed by atoms with Crippen molar-refractivity contribution in [1.82, 2.24) is 24.2 Å². The molecule has 0 radical (unpaired) electrons. The molecule has 4 aromatic rings. The Hall–Kier alpha value is -3.76. The van der Waals surface area contributed by atoms with Crippen LogP contribution >= 0.6 is 0 Å². The molecule has 0 bridgehead atoms. The van der Waals surface area contributed by atoms with Gasteiger partial charge in [0.15, 0.2) is 5.82 Å². The van der Waals surface area contributed by atoms with E-state index in [1.165, 1.54) is 0 Å². The number of halogens is 3. The summed E-state index contributed by atoms with van der Waals surface area (Å²) in [5, 5.41) is 17.6. The minimum atomic E-state index is -4.60. The van der Waals surface area contributed by atoms with Gasteiger partial charge in [0.25, 0.3) is 5.56 Å². The number of hydrogen-bond donors (Lipinski definition) is 1. The van der Waals surface area contributed by atoms with Gasteiger partial charge in [-0.1, -0.05) is 42.5 Å². The Kier molecular flexibility index (Phi) is 6.23. The zero-order valence-electron chi connectivity index (χ0n) is 19.5. The number of β-amino-alcohol motifs (C(OH)–C–C–N with tert-alkyl or cyclic N) is 1. The lowest BCUT2D eigenvalue weighted by molar-refractivity contribution is -0.138. The predicted molar refractivity (Wildman–Crippen MR) is 129 cm³/mol. The minimum Gasteiger partial charge on any atom is -0.390 e. The molecule has 186 valence electrons. The SMILES string of the molecule is Cn1cnnc1-c1ccccc1-c1cccc(-c2cc(C(F)(F)F)cn(CCN3CC(O)C3)c2=O)c1. The summed E-state index contributed by atoms with van der Waals surface area (Å²) >= 11 is 0. The van der Waals surface area contributed by atoms with Gasteiger partial charge < -0.3 is 14.2 Å². The Morgan fingerprint density at radius 1 is 0.972 bits per heavy atom. The molecule has 7 nitrogen and oxygen atoms in total. The monoisotopic (exact) mass is 495 g/mol. The molecule has 1 fully saturated rings. The molecule has 0 saturated carbocycles.